The lowest BCUT2D eigenvalue weighted by atomic mass is 10.3. The molecule has 0 saturated carbocycles. The first-order valence-corrected chi connectivity index (χ1v) is 5.61. The summed E-state index contributed by atoms with van der Waals surface area (Å²) in [6.07, 6.45) is -7.57. The minimum atomic E-state index is -4.72. The van der Waals surface area contributed by atoms with Gasteiger partial charge in [-0.15, -0.1) is 10.2 Å². The van der Waals surface area contributed by atoms with Crippen LogP contribution in [0.4, 0.5) is 27.1 Å². The monoisotopic (exact) mass is 299 g/mol. The Bertz CT molecular complexity index is 574. The van der Waals surface area contributed by atoms with E-state index in [-0.39, 0.29) is 15.8 Å². The van der Waals surface area contributed by atoms with Crippen molar-refractivity contribution in [3.63, 3.8) is 0 Å². The molecular formula is C8H6F5N5S. The lowest BCUT2D eigenvalue weighted by Gasteiger charge is -2.03. The molecule has 0 radical (unpaired) electrons. The Kier molecular flexibility index (Phi) is 3.39. The van der Waals surface area contributed by atoms with Crippen LogP contribution in [0.15, 0.2) is 6.07 Å². The van der Waals surface area contributed by atoms with Crippen molar-refractivity contribution in [2.45, 2.75) is 19.1 Å². The highest BCUT2D eigenvalue weighted by molar-refractivity contribution is 7.18. The van der Waals surface area contributed by atoms with Crippen LogP contribution in [0.5, 0.6) is 0 Å². The van der Waals surface area contributed by atoms with Crippen molar-refractivity contribution in [1.82, 2.24) is 20.0 Å². The summed E-state index contributed by atoms with van der Waals surface area (Å²) in [6.45, 7) is -0.967. The second kappa shape index (κ2) is 4.72. The molecule has 11 heteroatoms. The lowest BCUT2D eigenvalue weighted by Crippen LogP contribution is -2.12. The molecule has 0 spiro atoms. The maximum Gasteiger partial charge on any atom is 0.435 e. The summed E-state index contributed by atoms with van der Waals surface area (Å²) in [4.78, 5) is 0. The van der Waals surface area contributed by atoms with E-state index in [1.807, 2.05) is 0 Å². The largest absolute Gasteiger partial charge is 0.435 e. The summed E-state index contributed by atoms with van der Waals surface area (Å²) in [6, 6.07) is 0.641. The highest BCUT2D eigenvalue weighted by atomic mass is 32.1. The highest BCUT2D eigenvalue weighted by Crippen LogP contribution is 2.33. The van der Waals surface area contributed by atoms with E-state index in [0.717, 1.165) is 11.3 Å². The normalized spacial score (nSPS) is 12.3. The SMILES string of the molecule is Nc1nnc(-c2cc(C(F)(F)F)nn2CC(F)F)s1. The summed E-state index contributed by atoms with van der Waals surface area (Å²) in [7, 11) is 0. The Morgan fingerprint density at radius 2 is 2.00 bits per heavy atom. The van der Waals surface area contributed by atoms with Gasteiger partial charge in [0.25, 0.3) is 6.43 Å². The number of aromatic nitrogens is 4. The van der Waals surface area contributed by atoms with Crippen LogP contribution in [0.1, 0.15) is 5.69 Å². The smallest absolute Gasteiger partial charge is 0.374 e. The fraction of sp³-hybridized carbons (Fsp3) is 0.375. The molecule has 2 aromatic rings. The summed E-state index contributed by atoms with van der Waals surface area (Å²) in [5, 5.41) is 10.1. The quantitative estimate of drug-likeness (QED) is 0.883. The van der Waals surface area contributed by atoms with Gasteiger partial charge in [0.05, 0.1) is 5.69 Å². The number of halogens is 5. The number of alkyl halides is 5. The summed E-state index contributed by atoms with van der Waals surface area (Å²) in [5.74, 6) is 0. The second-order valence-corrected chi connectivity index (χ2v) is 4.44. The summed E-state index contributed by atoms with van der Waals surface area (Å²) in [5.41, 5.74) is 3.85. The van der Waals surface area contributed by atoms with Crippen molar-refractivity contribution >= 4 is 16.5 Å². The van der Waals surface area contributed by atoms with Crippen molar-refractivity contribution in [3.05, 3.63) is 11.8 Å². The van der Waals surface area contributed by atoms with Crippen LogP contribution in [0, 0.1) is 0 Å². The number of hydrogen-bond donors (Lipinski definition) is 1. The Morgan fingerprint density at radius 1 is 1.32 bits per heavy atom. The molecule has 0 aliphatic carbocycles. The number of nitrogen functional groups attached to an aromatic ring is 1. The molecule has 2 rings (SSSR count). The molecule has 0 fully saturated rings. The third kappa shape index (κ3) is 2.97. The standard InChI is InChI=1S/C8H6F5N5S/c9-5(10)2-18-3(6-15-16-7(14)19-6)1-4(17-18)8(11,12)13/h1,5H,2H2,(H2,14,16). The lowest BCUT2D eigenvalue weighted by molar-refractivity contribution is -0.141. The zero-order valence-electron chi connectivity index (χ0n) is 9.03. The third-order valence-corrected chi connectivity index (χ3v) is 2.82. The van der Waals surface area contributed by atoms with Crippen molar-refractivity contribution < 1.29 is 22.0 Å². The Labute approximate surface area is 106 Å². The second-order valence-electron chi connectivity index (χ2n) is 3.43. The van der Waals surface area contributed by atoms with E-state index in [2.05, 4.69) is 15.3 Å². The molecular weight excluding hydrogens is 293 g/mol. The van der Waals surface area contributed by atoms with Crippen molar-refractivity contribution in [3.8, 4) is 10.7 Å². The van der Waals surface area contributed by atoms with Crippen LogP contribution < -0.4 is 5.73 Å². The Hall–Kier alpha value is -1.78. The minimum absolute atomic E-state index is 0.00106. The molecule has 2 N–H and O–H groups in total. The van der Waals surface area contributed by atoms with E-state index in [9.17, 15) is 22.0 Å². The van der Waals surface area contributed by atoms with E-state index < -0.39 is 24.8 Å². The topological polar surface area (TPSA) is 69.6 Å². The van der Waals surface area contributed by atoms with Gasteiger partial charge in [0.2, 0.25) is 5.13 Å². The first-order chi connectivity index (χ1) is 8.77. The molecule has 104 valence electrons. The summed E-state index contributed by atoms with van der Waals surface area (Å²) < 4.78 is 62.8. The predicted octanol–water partition coefficient (Wildman–Crippen LogP) is 2.27. The molecule has 0 unspecified atom stereocenters. The van der Waals surface area contributed by atoms with E-state index >= 15 is 0 Å². The number of nitrogens with two attached hydrogens (primary N) is 1. The van der Waals surface area contributed by atoms with Crippen molar-refractivity contribution in [2.24, 2.45) is 0 Å². The molecule has 0 aromatic carbocycles. The number of anilines is 1. The molecule has 5 nitrogen and oxygen atoms in total. The van der Waals surface area contributed by atoms with Crippen LogP contribution in [0.2, 0.25) is 0 Å². The van der Waals surface area contributed by atoms with E-state index in [1.165, 1.54) is 0 Å². The first-order valence-electron chi connectivity index (χ1n) is 4.80. The van der Waals surface area contributed by atoms with Gasteiger partial charge in [0, 0.05) is 0 Å². The zero-order chi connectivity index (χ0) is 14.2. The van der Waals surface area contributed by atoms with Crippen molar-refractivity contribution in [1.29, 1.82) is 0 Å². The van der Waals surface area contributed by atoms with Crippen LogP contribution in [-0.2, 0) is 12.7 Å². The zero-order valence-corrected chi connectivity index (χ0v) is 9.84. The molecule has 0 atom stereocenters. The van der Waals surface area contributed by atoms with Crippen molar-refractivity contribution in [2.75, 3.05) is 5.73 Å². The average molecular weight is 299 g/mol. The highest BCUT2D eigenvalue weighted by Gasteiger charge is 2.35. The van der Waals surface area contributed by atoms with Crippen LogP contribution in [-0.4, -0.2) is 26.4 Å². The van der Waals surface area contributed by atoms with Crippen LogP contribution in [0.25, 0.3) is 10.7 Å². The number of nitrogens with zero attached hydrogens (tertiary/aromatic N) is 4. The maximum absolute atomic E-state index is 12.5. The summed E-state index contributed by atoms with van der Waals surface area (Å²) >= 11 is 0.789. The fourth-order valence-corrected chi connectivity index (χ4v) is 1.97. The maximum atomic E-state index is 12.5. The van der Waals surface area contributed by atoms with Gasteiger partial charge in [0.1, 0.15) is 6.54 Å². The third-order valence-electron chi connectivity index (χ3n) is 2.04. The molecule has 19 heavy (non-hydrogen) atoms. The van der Waals surface area contributed by atoms with Gasteiger partial charge in [-0.1, -0.05) is 11.3 Å². The first kappa shape index (κ1) is 13.6. The van der Waals surface area contributed by atoms with Gasteiger partial charge < -0.3 is 5.73 Å². The van der Waals surface area contributed by atoms with Gasteiger partial charge in [-0.05, 0) is 6.07 Å². The molecule has 0 saturated heterocycles. The van der Waals surface area contributed by atoms with Gasteiger partial charge in [-0.25, -0.2) is 8.78 Å². The number of rotatable bonds is 3. The Balaban J connectivity index is 2.48. The Morgan fingerprint density at radius 3 is 2.47 bits per heavy atom. The van der Waals surface area contributed by atoms with Gasteiger partial charge >= 0.3 is 6.18 Å². The number of hydrogen-bond acceptors (Lipinski definition) is 5. The molecule has 0 aliphatic rings. The average Bonchev–Trinajstić information content (AvgIpc) is 2.82. The minimum Gasteiger partial charge on any atom is -0.374 e. The fourth-order valence-electron chi connectivity index (χ4n) is 1.34. The van der Waals surface area contributed by atoms with Gasteiger partial charge in [0.15, 0.2) is 10.7 Å². The van der Waals surface area contributed by atoms with Gasteiger partial charge in [-0.2, -0.15) is 18.3 Å². The van der Waals surface area contributed by atoms with E-state index in [1.54, 1.807) is 0 Å². The van der Waals surface area contributed by atoms with Gasteiger partial charge in [-0.3, -0.25) is 4.68 Å². The van der Waals surface area contributed by atoms with E-state index in [4.69, 9.17) is 5.73 Å². The molecule has 2 aromatic heterocycles. The molecule has 0 bridgehead atoms. The van der Waals surface area contributed by atoms with Crippen LogP contribution in [0.3, 0.4) is 0 Å². The molecule has 2 heterocycles. The molecule has 0 aliphatic heterocycles. The van der Waals surface area contributed by atoms with Crippen LogP contribution >= 0.6 is 11.3 Å². The van der Waals surface area contributed by atoms with E-state index in [0.29, 0.717) is 10.7 Å². The molecule has 0 amide bonds. The predicted molar refractivity (Wildman–Crippen MR) is 56.5 cm³/mol.